The highest BCUT2D eigenvalue weighted by Gasteiger charge is 2.58. The number of aliphatic hydroxyl groups is 2. The van der Waals surface area contributed by atoms with Crippen LogP contribution in [0.15, 0.2) is 35.2 Å². The average Bonchev–Trinajstić information content (AvgIpc) is 2.96. The topological polar surface area (TPSA) is 113 Å². The summed E-state index contributed by atoms with van der Waals surface area (Å²) in [6.45, 7) is 1.83. The molecule has 2 aromatic carbocycles. The summed E-state index contributed by atoms with van der Waals surface area (Å²) in [5, 5.41) is 21.6. The maximum absolute atomic E-state index is 13.7. The van der Waals surface area contributed by atoms with Gasteiger partial charge in [0.15, 0.2) is 27.3 Å². The number of aliphatic hydroxyl groups excluding tert-OH is 1. The van der Waals surface area contributed by atoms with Gasteiger partial charge in [-0.15, -0.1) is 0 Å². The second-order valence-electron chi connectivity index (χ2n) is 9.78. The number of amides is 1. The predicted molar refractivity (Wildman–Crippen MR) is 130 cm³/mol. The lowest BCUT2D eigenvalue weighted by Crippen LogP contribution is -2.52. The van der Waals surface area contributed by atoms with Gasteiger partial charge in [-0.2, -0.15) is 0 Å². The van der Waals surface area contributed by atoms with Crippen LogP contribution in [-0.2, 0) is 14.6 Å². The maximum Gasteiger partial charge on any atom is 0.255 e. The third-order valence-electron chi connectivity index (χ3n) is 7.51. The van der Waals surface area contributed by atoms with Crippen LogP contribution in [0.2, 0.25) is 5.02 Å². The summed E-state index contributed by atoms with van der Waals surface area (Å²) in [6, 6.07) is 4.81. The van der Waals surface area contributed by atoms with Crippen molar-refractivity contribution >= 4 is 33.0 Å². The van der Waals surface area contributed by atoms with E-state index in [2.05, 4.69) is 5.32 Å². The zero-order chi connectivity index (χ0) is 27.1. The van der Waals surface area contributed by atoms with E-state index < -0.39 is 44.0 Å². The van der Waals surface area contributed by atoms with E-state index >= 15 is 0 Å². The molecule has 12 heteroatoms. The van der Waals surface area contributed by atoms with Crippen LogP contribution in [0.25, 0.3) is 0 Å². The normalized spacial score (nSPS) is 27.3. The van der Waals surface area contributed by atoms with E-state index in [1.165, 1.54) is 12.1 Å². The number of hydrogen-bond donors (Lipinski definition) is 3. The molecule has 1 unspecified atom stereocenters. The quantitative estimate of drug-likeness (QED) is 0.332. The molecule has 0 aromatic heterocycles. The Bertz CT molecular complexity index is 1290. The van der Waals surface area contributed by atoms with Gasteiger partial charge in [0.2, 0.25) is 0 Å². The Morgan fingerprint density at radius 2 is 1.84 bits per heavy atom. The Labute approximate surface area is 217 Å². The van der Waals surface area contributed by atoms with E-state index in [0.29, 0.717) is 18.6 Å². The minimum Gasteiger partial charge on any atom is -0.394 e. The highest BCUT2D eigenvalue weighted by Crippen LogP contribution is 2.54. The number of nitrogens with one attached hydrogen (secondary N) is 1. The molecule has 2 bridgehead atoms. The summed E-state index contributed by atoms with van der Waals surface area (Å²) >= 11 is 6.24. The molecule has 7 nitrogen and oxygen atoms in total. The van der Waals surface area contributed by atoms with E-state index in [-0.39, 0.29) is 71.6 Å². The first-order valence-corrected chi connectivity index (χ1v) is 13.7. The number of benzene rings is 2. The number of ether oxygens (including phenoxy) is 1. The lowest BCUT2D eigenvalue weighted by Gasteiger charge is -2.42. The summed E-state index contributed by atoms with van der Waals surface area (Å²) in [6.07, 6.45) is 0.958. The van der Waals surface area contributed by atoms with Crippen molar-refractivity contribution in [1.29, 1.82) is 0 Å². The molecular weight excluding hydrogens is 535 g/mol. The van der Waals surface area contributed by atoms with Crippen molar-refractivity contribution in [2.24, 2.45) is 17.8 Å². The number of anilines is 1. The summed E-state index contributed by atoms with van der Waals surface area (Å²) in [7, 11) is -4.04. The molecule has 2 aromatic rings. The molecule has 2 aliphatic carbocycles. The number of rotatable bonds is 8. The van der Waals surface area contributed by atoms with Gasteiger partial charge in [0.05, 0.1) is 40.6 Å². The van der Waals surface area contributed by atoms with Gasteiger partial charge < -0.3 is 20.3 Å². The highest BCUT2D eigenvalue weighted by atomic mass is 35.5. The van der Waals surface area contributed by atoms with Crippen molar-refractivity contribution in [3.05, 3.63) is 58.4 Å². The van der Waals surface area contributed by atoms with Crippen molar-refractivity contribution in [3.63, 3.8) is 0 Å². The van der Waals surface area contributed by atoms with E-state index in [4.69, 9.17) is 21.4 Å². The van der Waals surface area contributed by atoms with Gasteiger partial charge >= 0.3 is 0 Å². The zero-order valence-electron chi connectivity index (χ0n) is 19.9. The highest BCUT2D eigenvalue weighted by molar-refractivity contribution is 7.92. The first-order chi connectivity index (χ1) is 17.4. The number of carbonyl (C=O) groups excluding carboxylic acids is 1. The Kier molecular flexibility index (Phi) is 7.92. The molecule has 0 aliphatic heterocycles. The predicted octanol–water partition coefficient (Wildman–Crippen LogP) is 3.96. The molecule has 2 aliphatic rings. The van der Waals surface area contributed by atoms with Crippen LogP contribution < -0.4 is 5.32 Å². The first-order valence-electron chi connectivity index (χ1n) is 11.8. The molecule has 3 N–H and O–H groups in total. The fourth-order valence-corrected chi connectivity index (χ4v) is 8.07. The molecular formula is C25H27ClF3NO6S. The van der Waals surface area contributed by atoms with Gasteiger partial charge in [0.1, 0.15) is 0 Å². The minimum absolute atomic E-state index is 0.000980. The van der Waals surface area contributed by atoms with E-state index in [9.17, 15) is 31.5 Å². The number of halogens is 4. The van der Waals surface area contributed by atoms with Gasteiger partial charge in [0.25, 0.3) is 5.91 Å². The van der Waals surface area contributed by atoms with E-state index in [0.717, 1.165) is 6.07 Å². The minimum atomic E-state index is -4.04. The van der Waals surface area contributed by atoms with Crippen molar-refractivity contribution in [1.82, 2.24) is 0 Å². The summed E-state index contributed by atoms with van der Waals surface area (Å²) in [5.74, 6) is -6.16. The second-order valence-corrected chi connectivity index (χ2v) is 12.4. The molecule has 0 spiro atoms. The van der Waals surface area contributed by atoms with Crippen LogP contribution in [0.5, 0.6) is 0 Å². The monoisotopic (exact) mass is 561 g/mol. The van der Waals surface area contributed by atoms with Crippen molar-refractivity contribution in [2.75, 3.05) is 25.1 Å². The molecule has 2 fully saturated rings. The van der Waals surface area contributed by atoms with Crippen LogP contribution in [0, 0.1) is 35.2 Å². The Balaban J connectivity index is 1.57. The standard InChI is InChI=1S/C25H27ClF3NO6S/c1-13-6-15-8-17(11-18(13)25(15,33)12-36-5-4-31)37(34,35)22-7-14(2-3-19(22)26)24(32)30-16-9-20(27)23(29)21(28)10-16/h2-3,7,9-10,13,15,17-18,31,33H,4-6,8,11-12H2,1H3,(H,30,32)/t13-,15?,17+,18+,25+/m0/s1. The van der Waals surface area contributed by atoms with Crippen molar-refractivity contribution in [2.45, 2.75) is 41.9 Å². The van der Waals surface area contributed by atoms with Crippen LogP contribution in [-0.4, -0.2) is 55.2 Å². The number of hydrogen-bond acceptors (Lipinski definition) is 6. The number of sulfone groups is 1. The number of fused-ring (bicyclic) bond motifs is 2. The SMILES string of the molecule is C[C@H]1CC2C[C@@H](S(=O)(=O)c3cc(C(=O)Nc4cc(F)c(F)c(F)c4)ccc3Cl)C[C@H]1[C@@]2(O)COCCO. The fraction of sp³-hybridized carbons (Fsp3) is 0.480. The Morgan fingerprint density at radius 3 is 2.46 bits per heavy atom. The van der Waals surface area contributed by atoms with Crippen LogP contribution in [0.3, 0.4) is 0 Å². The molecule has 2 saturated carbocycles. The first kappa shape index (κ1) is 27.8. The summed E-state index contributed by atoms with van der Waals surface area (Å²) < 4.78 is 73.0. The second kappa shape index (κ2) is 10.5. The van der Waals surface area contributed by atoms with Crippen LogP contribution in [0.1, 0.15) is 36.5 Å². The van der Waals surface area contributed by atoms with Crippen LogP contribution >= 0.6 is 11.6 Å². The van der Waals surface area contributed by atoms with Gasteiger partial charge in [-0.25, -0.2) is 21.6 Å². The lowest BCUT2D eigenvalue weighted by molar-refractivity contribution is -0.119. The third kappa shape index (κ3) is 5.24. The molecule has 202 valence electrons. The Hall–Kier alpha value is -2.18. The van der Waals surface area contributed by atoms with E-state index in [1.54, 1.807) is 0 Å². The summed E-state index contributed by atoms with van der Waals surface area (Å²) in [5.41, 5.74) is -1.68. The van der Waals surface area contributed by atoms with Gasteiger partial charge in [-0.05, 0) is 55.2 Å². The van der Waals surface area contributed by atoms with Crippen molar-refractivity contribution < 1.29 is 41.3 Å². The molecule has 0 saturated heterocycles. The molecule has 4 rings (SSSR count). The lowest BCUT2D eigenvalue weighted by atomic mass is 9.73. The average molecular weight is 562 g/mol. The molecule has 0 radical (unpaired) electrons. The molecule has 37 heavy (non-hydrogen) atoms. The van der Waals surface area contributed by atoms with E-state index in [1.807, 2.05) is 6.92 Å². The fourth-order valence-electron chi connectivity index (χ4n) is 5.70. The summed E-state index contributed by atoms with van der Waals surface area (Å²) in [4.78, 5) is 12.4. The zero-order valence-corrected chi connectivity index (χ0v) is 21.5. The molecule has 0 heterocycles. The van der Waals surface area contributed by atoms with Gasteiger partial charge in [0, 0.05) is 23.4 Å². The molecule has 5 atom stereocenters. The smallest absolute Gasteiger partial charge is 0.255 e. The molecule has 1 amide bonds. The largest absolute Gasteiger partial charge is 0.394 e. The maximum atomic E-state index is 13.7. The van der Waals surface area contributed by atoms with Crippen LogP contribution in [0.4, 0.5) is 18.9 Å². The van der Waals surface area contributed by atoms with Gasteiger partial charge in [-0.1, -0.05) is 18.5 Å². The third-order valence-corrected chi connectivity index (χ3v) is 10.2. The van der Waals surface area contributed by atoms with Gasteiger partial charge in [-0.3, -0.25) is 4.79 Å². The Morgan fingerprint density at radius 1 is 1.16 bits per heavy atom. The number of carbonyl (C=O) groups is 1. The van der Waals surface area contributed by atoms with Crippen molar-refractivity contribution in [3.8, 4) is 0 Å².